The number of amides is 5. The van der Waals surface area contributed by atoms with Crippen LogP contribution in [0, 0.1) is 17.7 Å². The van der Waals surface area contributed by atoms with Crippen LogP contribution in [0.15, 0.2) is 42.5 Å². The minimum Gasteiger partial charge on any atom is -0.508 e. The first-order chi connectivity index (χ1) is 24.4. The molecule has 0 aliphatic rings. The van der Waals surface area contributed by atoms with Gasteiger partial charge in [0.25, 0.3) is 0 Å². The van der Waals surface area contributed by atoms with E-state index in [1.54, 1.807) is 34.6 Å². The van der Waals surface area contributed by atoms with Crippen LogP contribution < -0.4 is 31.9 Å². The first-order valence-corrected chi connectivity index (χ1v) is 17.5. The Hall–Kier alpha value is -4.92. The summed E-state index contributed by atoms with van der Waals surface area (Å²) >= 11 is 0. The van der Waals surface area contributed by atoms with Crippen molar-refractivity contribution in [2.75, 3.05) is 16.8 Å². The van der Waals surface area contributed by atoms with Crippen LogP contribution in [0.1, 0.15) is 86.1 Å². The van der Waals surface area contributed by atoms with Gasteiger partial charge in [0.1, 0.15) is 29.5 Å². The predicted molar refractivity (Wildman–Crippen MR) is 196 cm³/mol. The van der Waals surface area contributed by atoms with Crippen LogP contribution in [-0.4, -0.2) is 70.4 Å². The number of hydrogen-bond donors (Lipinski definition) is 7. The Morgan fingerprint density at radius 3 is 2.13 bits per heavy atom. The molecule has 0 aliphatic heterocycles. The van der Waals surface area contributed by atoms with Crippen molar-refractivity contribution in [3.63, 3.8) is 0 Å². The summed E-state index contributed by atoms with van der Waals surface area (Å²) in [5, 5.41) is 29.8. The summed E-state index contributed by atoms with van der Waals surface area (Å²) < 4.78 is 21.7. The van der Waals surface area contributed by atoms with E-state index in [1.807, 2.05) is 13.8 Å². The van der Waals surface area contributed by atoms with Crippen molar-refractivity contribution in [2.45, 2.75) is 111 Å². The fraction of sp³-hybridized carbons (Fsp3) is 0.541. The number of alkyl carbamates (subject to hydrolysis) is 1. The molecule has 0 saturated heterocycles. The third-order valence-corrected chi connectivity index (χ3v) is 8.10. The molecule has 0 heterocycles. The average Bonchev–Trinajstić information content (AvgIpc) is 3.05. The minimum absolute atomic E-state index is 0.0282. The lowest BCUT2D eigenvalue weighted by Gasteiger charge is -2.30. The van der Waals surface area contributed by atoms with Gasteiger partial charge in [0.05, 0.1) is 17.9 Å². The number of ether oxygens (including phenoxy) is 1. The van der Waals surface area contributed by atoms with Crippen molar-refractivity contribution >= 4 is 41.3 Å². The fourth-order valence-electron chi connectivity index (χ4n) is 5.17. The second-order valence-corrected chi connectivity index (χ2v) is 14.2. The topological polar surface area (TPSA) is 212 Å². The number of rotatable bonds is 18. The molecule has 2 rings (SSSR count). The number of phenolic OH excluding ortho intramolecular Hbond substituents is 1. The second-order valence-electron chi connectivity index (χ2n) is 14.2. The van der Waals surface area contributed by atoms with E-state index in [-0.39, 0.29) is 42.4 Å². The molecule has 8 N–H and O–H groups in total. The molecule has 0 aliphatic carbocycles. The van der Waals surface area contributed by atoms with E-state index in [2.05, 4.69) is 21.3 Å². The minimum atomic E-state index is -1.21. The predicted octanol–water partition coefficient (Wildman–Crippen LogP) is 5.24. The Bertz CT molecular complexity index is 1510. The van der Waals surface area contributed by atoms with Gasteiger partial charge in [-0.25, -0.2) is 18.8 Å². The average molecular weight is 731 g/mol. The maximum absolute atomic E-state index is 16.4. The summed E-state index contributed by atoms with van der Waals surface area (Å²) in [6, 6.07) is 5.58. The number of unbranched alkanes of at least 4 members (excludes halogenated alkanes) is 1. The number of carbonyl (C=O) groups excluding carboxylic acids is 4. The van der Waals surface area contributed by atoms with Crippen molar-refractivity contribution < 1.29 is 43.3 Å². The summed E-state index contributed by atoms with van der Waals surface area (Å²) in [5.74, 6) is -4.14. The highest BCUT2D eigenvalue weighted by atomic mass is 19.1. The molecule has 52 heavy (non-hydrogen) atoms. The number of nitrogens with zero attached hydrogens (tertiary/aromatic N) is 1. The van der Waals surface area contributed by atoms with Gasteiger partial charge in [-0.3, -0.25) is 14.5 Å². The molecular formula is C37H55FN6O8. The fourth-order valence-corrected chi connectivity index (χ4v) is 5.17. The summed E-state index contributed by atoms with van der Waals surface area (Å²) in [4.78, 5) is 66.5. The highest BCUT2D eigenvalue weighted by molar-refractivity contribution is 5.99. The number of urea groups is 1. The normalized spacial score (nSPS) is 13.7. The van der Waals surface area contributed by atoms with Crippen LogP contribution in [0.2, 0.25) is 0 Å². The van der Waals surface area contributed by atoms with Crippen LogP contribution >= 0.6 is 0 Å². The van der Waals surface area contributed by atoms with Crippen LogP contribution in [0.3, 0.4) is 0 Å². The summed E-state index contributed by atoms with van der Waals surface area (Å²) in [5.41, 5.74) is 4.74. The Balaban J connectivity index is 2.50. The molecule has 0 spiro atoms. The lowest BCUT2D eigenvalue weighted by Crippen LogP contribution is -2.56. The van der Waals surface area contributed by atoms with E-state index in [4.69, 9.17) is 10.5 Å². The zero-order chi connectivity index (χ0) is 39.2. The smallest absolute Gasteiger partial charge is 0.408 e. The lowest BCUT2D eigenvalue weighted by molar-refractivity contribution is -0.142. The molecule has 2 aromatic rings. The second kappa shape index (κ2) is 20.2. The number of carboxylic acid groups (broad SMARTS) is 1. The highest BCUT2D eigenvalue weighted by Gasteiger charge is 2.33. The largest absolute Gasteiger partial charge is 0.508 e. The summed E-state index contributed by atoms with van der Waals surface area (Å²) in [6.45, 7) is 12.3. The molecule has 0 fully saturated rings. The summed E-state index contributed by atoms with van der Waals surface area (Å²) in [6.07, 6.45) is 1.04. The van der Waals surface area contributed by atoms with Gasteiger partial charge in [-0.2, -0.15) is 0 Å². The zero-order valence-electron chi connectivity index (χ0n) is 31.1. The molecule has 0 saturated carbocycles. The van der Waals surface area contributed by atoms with Gasteiger partial charge in [-0.15, -0.1) is 0 Å². The molecule has 288 valence electrons. The molecule has 14 nitrogen and oxygen atoms in total. The lowest BCUT2D eigenvalue weighted by atomic mass is 9.97. The van der Waals surface area contributed by atoms with E-state index in [0.717, 1.165) is 4.90 Å². The molecular weight excluding hydrogens is 675 g/mol. The molecule has 2 aromatic carbocycles. The van der Waals surface area contributed by atoms with Gasteiger partial charge in [0.15, 0.2) is 5.82 Å². The van der Waals surface area contributed by atoms with Gasteiger partial charge in [0, 0.05) is 0 Å². The van der Waals surface area contributed by atoms with Gasteiger partial charge in [-0.05, 0) is 94.7 Å². The van der Waals surface area contributed by atoms with Gasteiger partial charge >= 0.3 is 18.1 Å². The third-order valence-electron chi connectivity index (χ3n) is 8.10. The number of anilines is 2. The van der Waals surface area contributed by atoms with Crippen molar-refractivity contribution in [3.8, 4) is 5.75 Å². The number of halogens is 1. The SMILES string of the molecule is CC[C@H](C)[C@H](NC(=O)N(Cc1ccc(O)cc1)c1cccc(NC(=O)[C@H](CCCCN)NC(=O)OC(C)(C)C)c1F)C(=O)N[C@@H](CC(C)C)C(=O)O. The zero-order valence-corrected chi connectivity index (χ0v) is 31.1. The number of aromatic hydroxyl groups is 1. The van der Waals surface area contributed by atoms with Crippen LogP contribution in [0.25, 0.3) is 0 Å². The van der Waals surface area contributed by atoms with Crippen molar-refractivity contribution in [2.24, 2.45) is 17.6 Å². The molecule has 0 radical (unpaired) electrons. The molecule has 4 atom stereocenters. The Labute approximate surface area is 305 Å². The Morgan fingerprint density at radius 2 is 1.58 bits per heavy atom. The molecule has 5 amide bonds. The number of carbonyl (C=O) groups is 5. The van der Waals surface area contributed by atoms with Crippen molar-refractivity contribution in [3.05, 3.63) is 53.8 Å². The first kappa shape index (κ1) is 43.2. The number of benzene rings is 2. The van der Waals surface area contributed by atoms with Crippen molar-refractivity contribution in [1.29, 1.82) is 0 Å². The summed E-state index contributed by atoms with van der Waals surface area (Å²) in [7, 11) is 0. The Kier molecular flexibility index (Phi) is 16.8. The standard InChI is InChI=1S/C37H55FN6O8/c1-8-23(4)31(33(47)41-28(34(48)49)20-22(2)3)43-35(50)44(21-24-15-17-25(45)18-16-24)29-14-11-13-26(30(29)38)40-32(46)27(12-9-10-19-39)42-36(51)52-37(5,6)7/h11,13-18,22-23,27-28,31,45H,8-10,12,19-21,39H2,1-7H3,(H,40,46)(H,41,47)(H,42,51)(H,43,50)(H,48,49)/t23-,27-,28-,31-/m0/s1. The molecule has 15 heteroatoms. The highest BCUT2D eigenvalue weighted by Crippen LogP contribution is 2.29. The van der Waals surface area contributed by atoms with Crippen LogP contribution in [0.4, 0.5) is 25.4 Å². The Morgan fingerprint density at radius 1 is 0.923 bits per heavy atom. The maximum Gasteiger partial charge on any atom is 0.408 e. The van der Waals surface area contributed by atoms with Crippen molar-refractivity contribution in [1.82, 2.24) is 16.0 Å². The van der Waals surface area contributed by atoms with E-state index < -0.39 is 65.4 Å². The number of hydrogen-bond acceptors (Lipinski definition) is 8. The maximum atomic E-state index is 16.4. The first-order valence-electron chi connectivity index (χ1n) is 17.5. The van der Waals surface area contributed by atoms with Gasteiger partial charge in [0.2, 0.25) is 11.8 Å². The van der Waals surface area contributed by atoms with Gasteiger partial charge < -0.3 is 42.0 Å². The van der Waals surface area contributed by atoms with E-state index in [1.165, 1.54) is 42.5 Å². The van der Waals surface area contributed by atoms with Crippen LogP contribution in [0.5, 0.6) is 5.75 Å². The number of nitrogens with one attached hydrogen (secondary N) is 4. The quantitative estimate of drug-likeness (QED) is 0.0999. The van der Waals surface area contributed by atoms with Gasteiger partial charge in [-0.1, -0.05) is 52.3 Å². The number of nitrogens with two attached hydrogens (primary N) is 1. The monoisotopic (exact) mass is 730 g/mol. The van der Waals surface area contributed by atoms with E-state index in [0.29, 0.717) is 31.4 Å². The van der Waals surface area contributed by atoms with E-state index >= 15 is 4.39 Å². The molecule has 0 aromatic heterocycles. The molecule has 0 unspecified atom stereocenters. The number of phenols is 1. The number of aliphatic carboxylic acids is 1. The third kappa shape index (κ3) is 14.0. The van der Waals surface area contributed by atoms with Crippen LogP contribution in [-0.2, 0) is 25.7 Å². The molecule has 0 bridgehead atoms. The number of carboxylic acids is 1. The van der Waals surface area contributed by atoms with E-state index in [9.17, 15) is 34.2 Å².